The molecule has 0 radical (unpaired) electrons. The highest BCUT2D eigenvalue weighted by Crippen LogP contribution is 2.17. The van der Waals surface area contributed by atoms with E-state index in [4.69, 9.17) is 5.73 Å². The van der Waals surface area contributed by atoms with Gasteiger partial charge in [-0.3, -0.25) is 0 Å². The van der Waals surface area contributed by atoms with E-state index in [1.807, 2.05) is 0 Å². The van der Waals surface area contributed by atoms with Crippen LogP contribution < -0.4 is 10.6 Å². The van der Waals surface area contributed by atoms with Gasteiger partial charge < -0.3 is 10.6 Å². The second-order valence-electron chi connectivity index (χ2n) is 3.73. The molecule has 0 aromatic carbocycles. The Kier molecular flexibility index (Phi) is 2.13. The Bertz CT molecular complexity index is 248. The number of piperidine rings is 1. The first-order valence-electron chi connectivity index (χ1n) is 4.50. The van der Waals surface area contributed by atoms with Crippen LogP contribution in [-0.2, 0) is 0 Å². The smallest absolute Gasteiger partial charge is 0.242 e. The first-order valence-corrected chi connectivity index (χ1v) is 4.50. The van der Waals surface area contributed by atoms with Crippen LogP contribution in [0.4, 0.5) is 5.95 Å². The summed E-state index contributed by atoms with van der Waals surface area (Å²) >= 11 is 0. The van der Waals surface area contributed by atoms with E-state index >= 15 is 0 Å². The van der Waals surface area contributed by atoms with Gasteiger partial charge in [-0.2, -0.15) is 0 Å². The zero-order chi connectivity index (χ0) is 9.26. The third-order valence-corrected chi connectivity index (χ3v) is 2.33. The number of nitrogens with one attached hydrogen (secondary N) is 1. The average Bonchev–Trinajstić information content (AvgIpc) is 2.53. The number of anilines is 1. The molecule has 0 bridgehead atoms. The molecule has 2 rings (SSSR count). The Labute approximate surface area is 76.5 Å². The number of H-pyrrole nitrogens is 1. The lowest BCUT2D eigenvalue weighted by Gasteiger charge is -2.33. The molecule has 1 aliphatic rings. The molecule has 2 heterocycles. The number of rotatable bonds is 1. The van der Waals surface area contributed by atoms with E-state index in [1.165, 1.54) is 0 Å². The molecule has 0 unspecified atom stereocenters. The van der Waals surface area contributed by atoms with Crippen molar-refractivity contribution >= 4 is 5.95 Å². The number of hydrogen-bond donors (Lipinski definition) is 2. The summed E-state index contributed by atoms with van der Waals surface area (Å²) in [7, 11) is 0. The molecule has 72 valence electrons. The van der Waals surface area contributed by atoms with Crippen LogP contribution in [0.15, 0.2) is 0 Å². The highest BCUT2D eigenvalue weighted by Gasteiger charge is 2.23. The van der Waals surface area contributed by atoms with Crippen molar-refractivity contribution < 1.29 is 0 Å². The van der Waals surface area contributed by atoms with Crippen LogP contribution >= 0.6 is 0 Å². The summed E-state index contributed by atoms with van der Waals surface area (Å²) < 4.78 is 0. The Balaban J connectivity index is 2.07. The maximum atomic E-state index is 5.90. The number of aromatic amines is 1. The highest BCUT2D eigenvalue weighted by atomic mass is 15.5. The molecular weight excluding hydrogens is 168 g/mol. The zero-order valence-electron chi connectivity index (χ0n) is 7.64. The molecule has 1 aromatic heterocycles. The molecule has 3 N–H and O–H groups in total. The first-order chi connectivity index (χ1) is 6.25. The van der Waals surface area contributed by atoms with Crippen LogP contribution in [0.1, 0.15) is 13.3 Å². The molecule has 0 amide bonds. The Hall–Kier alpha value is -1.17. The summed E-state index contributed by atoms with van der Waals surface area (Å²) in [6, 6.07) is 0.230. The average molecular weight is 182 g/mol. The van der Waals surface area contributed by atoms with Gasteiger partial charge in [0, 0.05) is 19.1 Å². The second kappa shape index (κ2) is 3.29. The fraction of sp³-hybridized carbons (Fsp3) is 0.857. The molecule has 0 aliphatic carbocycles. The molecule has 1 fully saturated rings. The minimum atomic E-state index is 0.230. The van der Waals surface area contributed by atoms with Gasteiger partial charge in [-0.25, -0.2) is 5.10 Å². The van der Waals surface area contributed by atoms with Crippen molar-refractivity contribution in [2.45, 2.75) is 19.4 Å². The molecular formula is C7H14N6. The molecule has 1 aromatic rings. The monoisotopic (exact) mass is 182 g/mol. The van der Waals surface area contributed by atoms with E-state index in [9.17, 15) is 0 Å². The predicted octanol–water partition coefficient (Wildman–Crippen LogP) is -0.627. The summed E-state index contributed by atoms with van der Waals surface area (Å²) in [5.41, 5.74) is 5.90. The Morgan fingerprint density at radius 1 is 1.54 bits per heavy atom. The van der Waals surface area contributed by atoms with Crippen LogP contribution in [0, 0.1) is 5.92 Å². The summed E-state index contributed by atoms with van der Waals surface area (Å²) in [6.45, 7) is 4.00. The van der Waals surface area contributed by atoms with Gasteiger partial charge in [0.05, 0.1) is 0 Å². The van der Waals surface area contributed by atoms with E-state index in [1.54, 1.807) is 0 Å². The lowest BCUT2D eigenvalue weighted by Crippen LogP contribution is -2.46. The van der Waals surface area contributed by atoms with Crippen molar-refractivity contribution in [1.82, 2.24) is 20.6 Å². The minimum Gasteiger partial charge on any atom is -0.338 e. The maximum Gasteiger partial charge on any atom is 0.242 e. The van der Waals surface area contributed by atoms with Crippen LogP contribution in [0.5, 0.6) is 0 Å². The van der Waals surface area contributed by atoms with Gasteiger partial charge in [0.15, 0.2) is 0 Å². The van der Waals surface area contributed by atoms with Crippen molar-refractivity contribution in [3.63, 3.8) is 0 Å². The molecule has 13 heavy (non-hydrogen) atoms. The second-order valence-corrected chi connectivity index (χ2v) is 3.73. The first kappa shape index (κ1) is 8.43. The van der Waals surface area contributed by atoms with Crippen molar-refractivity contribution in [3.05, 3.63) is 0 Å². The van der Waals surface area contributed by atoms with Crippen LogP contribution in [0.25, 0.3) is 0 Å². The Morgan fingerprint density at radius 3 is 3.00 bits per heavy atom. The van der Waals surface area contributed by atoms with Crippen molar-refractivity contribution in [2.75, 3.05) is 18.0 Å². The molecule has 1 aliphatic heterocycles. The molecule has 6 heteroatoms. The normalized spacial score (nSPS) is 29.2. The lowest BCUT2D eigenvalue weighted by molar-refractivity contribution is 0.398. The van der Waals surface area contributed by atoms with Gasteiger partial charge in [-0.05, 0) is 22.8 Å². The largest absolute Gasteiger partial charge is 0.338 e. The molecule has 0 saturated carbocycles. The lowest BCUT2D eigenvalue weighted by atomic mass is 9.97. The van der Waals surface area contributed by atoms with E-state index in [0.29, 0.717) is 5.92 Å². The molecule has 6 nitrogen and oxygen atoms in total. The summed E-state index contributed by atoms with van der Waals surface area (Å²) in [5.74, 6) is 1.33. The van der Waals surface area contributed by atoms with Gasteiger partial charge in [-0.1, -0.05) is 12.0 Å². The Morgan fingerprint density at radius 2 is 2.38 bits per heavy atom. The molecule has 1 saturated heterocycles. The summed E-state index contributed by atoms with van der Waals surface area (Å²) in [5, 5.41) is 13.7. The van der Waals surface area contributed by atoms with Crippen molar-refractivity contribution in [3.8, 4) is 0 Å². The fourth-order valence-electron chi connectivity index (χ4n) is 1.86. The van der Waals surface area contributed by atoms with Crippen LogP contribution in [-0.4, -0.2) is 39.8 Å². The quantitative estimate of drug-likeness (QED) is 0.604. The molecule has 2 atom stereocenters. The van der Waals surface area contributed by atoms with Gasteiger partial charge in [0.1, 0.15) is 0 Å². The summed E-state index contributed by atoms with van der Waals surface area (Å²) in [6.07, 6.45) is 1.08. The van der Waals surface area contributed by atoms with Crippen molar-refractivity contribution in [2.24, 2.45) is 11.7 Å². The van der Waals surface area contributed by atoms with Crippen LogP contribution in [0.3, 0.4) is 0 Å². The van der Waals surface area contributed by atoms with Gasteiger partial charge >= 0.3 is 0 Å². The topological polar surface area (TPSA) is 83.7 Å². The molecule has 0 spiro atoms. The standard InChI is InChI=1S/C7H14N6/c1-5-2-6(8)4-13(3-5)7-9-11-12-10-7/h5-6H,2-4,8H2,1H3,(H,9,10,11,12)/t5-,6+/m0/s1. The van der Waals surface area contributed by atoms with Gasteiger partial charge in [0.25, 0.3) is 0 Å². The van der Waals surface area contributed by atoms with Crippen LogP contribution in [0.2, 0.25) is 0 Å². The highest BCUT2D eigenvalue weighted by molar-refractivity contribution is 5.27. The number of hydrogen-bond acceptors (Lipinski definition) is 5. The number of tetrazole rings is 1. The predicted molar refractivity (Wildman–Crippen MR) is 48.1 cm³/mol. The number of aromatic nitrogens is 4. The van der Waals surface area contributed by atoms with Gasteiger partial charge in [-0.15, -0.1) is 0 Å². The van der Waals surface area contributed by atoms with E-state index in [2.05, 4.69) is 32.4 Å². The third kappa shape index (κ3) is 1.77. The van der Waals surface area contributed by atoms with E-state index in [0.717, 1.165) is 25.5 Å². The maximum absolute atomic E-state index is 5.90. The number of nitrogens with zero attached hydrogens (tertiary/aromatic N) is 4. The van der Waals surface area contributed by atoms with Crippen molar-refractivity contribution in [1.29, 1.82) is 0 Å². The third-order valence-electron chi connectivity index (χ3n) is 2.33. The van der Waals surface area contributed by atoms with E-state index < -0.39 is 0 Å². The SMILES string of the molecule is C[C@H]1C[C@@H](N)CN(c2nnn[nH]2)C1. The number of nitrogens with two attached hydrogens (primary N) is 1. The fourth-order valence-corrected chi connectivity index (χ4v) is 1.86. The van der Waals surface area contributed by atoms with E-state index in [-0.39, 0.29) is 6.04 Å². The summed E-state index contributed by atoms with van der Waals surface area (Å²) in [4.78, 5) is 2.10. The minimum absolute atomic E-state index is 0.230. The zero-order valence-corrected chi connectivity index (χ0v) is 7.64. The van der Waals surface area contributed by atoms with Gasteiger partial charge in [0.2, 0.25) is 5.95 Å².